The van der Waals surface area contributed by atoms with Gasteiger partial charge < -0.3 is 15.0 Å². The highest BCUT2D eigenvalue weighted by Crippen LogP contribution is 2.24. The standard InChI is InChI=1S/C18H26N6O/c1-19-18(20-9-12-25-13-15-5-3-2-4-6-15)24-10-7-16(8-11-24)17-21-14-22-23-17/h2-6,14,16H,7-13H2,1H3,(H,19,20)(H,21,22,23). The summed E-state index contributed by atoms with van der Waals surface area (Å²) in [7, 11) is 1.83. The van der Waals surface area contributed by atoms with Crippen molar-refractivity contribution in [2.45, 2.75) is 25.4 Å². The summed E-state index contributed by atoms with van der Waals surface area (Å²) in [5, 5.41) is 10.3. The molecule has 1 saturated heterocycles. The average molecular weight is 342 g/mol. The molecule has 3 rings (SSSR count). The number of H-pyrrole nitrogens is 1. The molecule has 2 heterocycles. The second kappa shape index (κ2) is 9.17. The molecular formula is C18H26N6O. The molecule has 25 heavy (non-hydrogen) atoms. The first-order valence-electron chi connectivity index (χ1n) is 8.79. The monoisotopic (exact) mass is 342 g/mol. The van der Waals surface area contributed by atoms with E-state index in [2.05, 4.69) is 42.5 Å². The summed E-state index contributed by atoms with van der Waals surface area (Å²) in [6, 6.07) is 10.2. The molecule has 0 spiro atoms. The number of rotatable bonds is 6. The molecule has 0 amide bonds. The van der Waals surface area contributed by atoms with E-state index in [0.29, 0.717) is 19.1 Å². The van der Waals surface area contributed by atoms with Crippen LogP contribution >= 0.6 is 0 Å². The molecule has 2 N–H and O–H groups in total. The zero-order valence-corrected chi connectivity index (χ0v) is 14.7. The summed E-state index contributed by atoms with van der Waals surface area (Å²) >= 11 is 0. The van der Waals surface area contributed by atoms with Crippen LogP contribution in [-0.2, 0) is 11.3 Å². The van der Waals surface area contributed by atoms with E-state index in [1.807, 2.05) is 25.2 Å². The summed E-state index contributed by atoms with van der Waals surface area (Å²) in [5.74, 6) is 2.40. The van der Waals surface area contributed by atoms with Gasteiger partial charge in [0.2, 0.25) is 0 Å². The van der Waals surface area contributed by atoms with Crippen molar-refractivity contribution in [1.29, 1.82) is 0 Å². The predicted octanol–water partition coefficient (Wildman–Crippen LogP) is 1.78. The summed E-state index contributed by atoms with van der Waals surface area (Å²) < 4.78 is 5.71. The second-order valence-corrected chi connectivity index (χ2v) is 6.14. The third-order valence-electron chi connectivity index (χ3n) is 4.47. The van der Waals surface area contributed by atoms with E-state index in [9.17, 15) is 0 Å². The molecule has 0 atom stereocenters. The van der Waals surface area contributed by atoms with Crippen LogP contribution in [0.3, 0.4) is 0 Å². The number of aromatic nitrogens is 3. The maximum absolute atomic E-state index is 5.71. The quantitative estimate of drug-likeness (QED) is 0.475. The first-order chi connectivity index (χ1) is 12.4. The van der Waals surface area contributed by atoms with Crippen LogP contribution in [0.5, 0.6) is 0 Å². The van der Waals surface area contributed by atoms with E-state index in [1.54, 1.807) is 6.33 Å². The highest BCUT2D eigenvalue weighted by molar-refractivity contribution is 5.79. The predicted molar refractivity (Wildman–Crippen MR) is 97.4 cm³/mol. The Labute approximate surface area is 148 Å². The number of aliphatic imine (C=N–C) groups is 1. The SMILES string of the molecule is CN=C(NCCOCc1ccccc1)N1CCC(c2ncn[nH]2)CC1. The van der Waals surface area contributed by atoms with Crippen LogP contribution in [0, 0.1) is 0 Å². The molecule has 1 aromatic carbocycles. The lowest BCUT2D eigenvalue weighted by Crippen LogP contribution is -2.46. The van der Waals surface area contributed by atoms with Gasteiger partial charge in [-0.15, -0.1) is 0 Å². The van der Waals surface area contributed by atoms with Crippen molar-refractivity contribution in [3.63, 3.8) is 0 Å². The topological polar surface area (TPSA) is 78.4 Å². The summed E-state index contributed by atoms with van der Waals surface area (Å²) in [4.78, 5) is 11.0. The number of likely N-dealkylation sites (tertiary alicyclic amines) is 1. The van der Waals surface area contributed by atoms with Gasteiger partial charge in [0.05, 0.1) is 13.2 Å². The maximum atomic E-state index is 5.71. The van der Waals surface area contributed by atoms with Crippen LogP contribution in [0.1, 0.15) is 30.1 Å². The Morgan fingerprint density at radius 1 is 1.32 bits per heavy atom. The third-order valence-corrected chi connectivity index (χ3v) is 4.47. The number of nitrogens with one attached hydrogen (secondary N) is 2. The van der Waals surface area contributed by atoms with Crippen molar-refractivity contribution in [1.82, 2.24) is 25.4 Å². The fourth-order valence-corrected chi connectivity index (χ4v) is 3.11. The second-order valence-electron chi connectivity index (χ2n) is 6.14. The van der Waals surface area contributed by atoms with Crippen molar-refractivity contribution >= 4 is 5.96 Å². The molecule has 0 saturated carbocycles. The Morgan fingerprint density at radius 3 is 2.80 bits per heavy atom. The summed E-state index contributed by atoms with van der Waals surface area (Å²) in [6.45, 7) is 3.99. The van der Waals surface area contributed by atoms with Crippen molar-refractivity contribution < 1.29 is 4.74 Å². The molecule has 134 valence electrons. The van der Waals surface area contributed by atoms with E-state index in [0.717, 1.165) is 44.3 Å². The molecule has 2 aromatic rings. The Morgan fingerprint density at radius 2 is 2.12 bits per heavy atom. The van der Waals surface area contributed by atoms with E-state index in [1.165, 1.54) is 5.56 Å². The molecule has 7 heteroatoms. The van der Waals surface area contributed by atoms with Crippen LogP contribution in [0.4, 0.5) is 0 Å². The van der Waals surface area contributed by atoms with Gasteiger partial charge in [0, 0.05) is 32.6 Å². The maximum Gasteiger partial charge on any atom is 0.193 e. The minimum Gasteiger partial charge on any atom is -0.375 e. The first kappa shape index (κ1) is 17.4. The Kier molecular flexibility index (Phi) is 6.39. The molecule has 0 bridgehead atoms. The van der Waals surface area contributed by atoms with Crippen molar-refractivity contribution in [2.75, 3.05) is 33.3 Å². The van der Waals surface area contributed by atoms with Gasteiger partial charge in [0.25, 0.3) is 0 Å². The van der Waals surface area contributed by atoms with E-state index >= 15 is 0 Å². The van der Waals surface area contributed by atoms with Crippen LogP contribution in [0.25, 0.3) is 0 Å². The largest absolute Gasteiger partial charge is 0.375 e. The lowest BCUT2D eigenvalue weighted by molar-refractivity contribution is 0.125. The fraction of sp³-hybridized carbons (Fsp3) is 0.500. The lowest BCUT2D eigenvalue weighted by Gasteiger charge is -2.33. The minimum absolute atomic E-state index is 0.464. The Balaban J connectivity index is 1.35. The molecule has 1 aliphatic heterocycles. The summed E-state index contributed by atoms with van der Waals surface area (Å²) in [5.41, 5.74) is 1.20. The molecule has 0 unspecified atom stereocenters. The number of hydrogen-bond acceptors (Lipinski definition) is 4. The number of hydrogen-bond donors (Lipinski definition) is 2. The molecule has 0 radical (unpaired) electrons. The summed E-state index contributed by atoms with van der Waals surface area (Å²) in [6.07, 6.45) is 3.69. The van der Waals surface area contributed by atoms with E-state index in [-0.39, 0.29) is 0 Å². The molecular weight excluding hydrogens is 316 g/mol. The van der Waals surface area contributed by atoms with Crippen molar-refractivity contribution in [3.05, 3.63) is 48.0 Å². The third kappa shape index (κ3) is 5.03. The molecule has 1 aliphatic rings. The van der Waals surface area contributed by atoms with Crippen LogP contribution in [0.15, 0.2) is 41.7 Å². The van der Waals surface area contributed by atoms with Gasteiger partial charge in [0.15, 0.2) is 5.96 Å². The fourth-order valence-electron chi connectivity index (χ4n) is 3.11. The molecule has 1 fully saturated rings. The number of benzene rings is 1. The number of aromatic amines is 1. The molecule has 0 aliphatic carbocycles. The van der Waals surface area contributed by atoms with E-state index in [4.69, 9.17) is 4.74 Å². The minimum atomic E-state index is 0.464. The van der Waals surface area contributed by atoms with Crippen molar-refractivity contribution in [3.8, 4) is 0 Å². The highest BCUT2D eigenvalue weighted by Gasteiger charge is 2.24. The molecule has 1 aromatic heterocycles. The van der Waals surface area contributed by atoms with Gasteiger partial charge >= 0.3 is 0 Å². The Hall–Kier alpha value is -2.41. The molecule has 7 nitrogen and oxygen atoms in total. The lowest BCUT2D eigenvalue weighted by atomic mass is 9.96. The van der Waals surface area contributed by atoms with Crippen molar-refractivity contribution in [2.24, 2.45) is 4.99 Å². The van der Waals surface area contributed by atoms with E-state index < -0.39 is 0 Å². The zero-order valence-electron chi connectivity index (χ0n) is 14.7. The van der Waals surface area contributed by atoms with Gasteiger partial charge in [-0.1, -0.05) is 30.3 Å². The normalized spacial score (nSPS) is 16.2. The number of piperidine rings is 1. The smallest absolute Gasteiger partial charge is 0.193 e. The average Bonchev–Trinajstić information content (AvgIpc) is 3.21. The highest BCUT2D eigenvalue weighted by atomic mass is 16.5. The van der Waals surface area contributed by atoms with Gasteiger partial charge in [-0.05, 0) is 18.4 Å². The van der Waals surface area contributed by atoms with Gasteiger partial charge in [-0.25, -0.2) is 4.98 Å². The van der Waals surface area contributed by atoms with Gasteiger partial charge in [-0.2, -0.15) is 5.10 Å². The van der Waals surface area contributed by atoms with Gasteiger partial charge in [-0.3, -0.25) is 10.1 Å². The number of ether oxygens (including phenoxy) is 1. The van der Waals surface area contributed by atoms with Gasteiger partial charge in [0.1, 0.15) is 12.2 Å². The first-order valence-corrected chi connectivity index (χ1v) is 8.79. The van der Waals surface area contributed by atoms with Crippen LogP contribution in [0.2, 0.25) is 0 Å². The number of nitrogens with zero attached hydrogens (tertiary/aromatic N) is 4. The number of guanidine groups is 1. The zero-order chi connectivity index (χ0) is 17.3. The Bertz CT molecular complexity index is 635. The van der Waals surface area contributed by atoms with Crippen LogP contribution < -0.4 is 5.32 Å². The van der Waals surface area contributed by atoms with Crippen LogP contribution in [-0.4, -0.2) is 59.3 Å².